The van der Waals surface area contributed by atoms with Gasteiger partial charge >= 0.3 is 0 Å². The summed E-state index contributed by atoms with van der Waals surface area (Å²) < 4.78 is 22.5. The van der Waals surface area contributed by atoms with E-state index in [1.807, 2.05) is 13.0 Å². The number of sulfonamides is 1. The zero-order valence-corrected chi connectivity index (χ0v) is 11.2. The van der Waals surface area contributed by atoms with Crippen LogP contribution in [0.1, 0.15) is 18.5 Å². The Morgan fingerprint density at radius 1 is 1.44 bits per heavy atom. The van der Waals surface area contributed by atoms with Crippen LogP contribution in [0.25, 0.3) is 0 Å². The van der Waals surface area contributed by atoms with Crippen molar-refractivity contribution in [3.05, 3.63) is 35.3 Å². The van der Waals surface area contributed by atoms with Crippen molar-refractivity contribution in [1.82, 2.24) is 10.2 Å². The molecule has 3 N–H and O–H groups in total. The van der Waals surface area contributed by atoms with Crippen molar-refractivity contribution in [3.63, 3.8) is 0 Å². The lowest BCUT2D eigenvalue weighted by molar-refractivity contribution is 0.597. The number of hydrogen-bond donors (Lipinski definition) is 2. The summed E-state index contributed by atoms with van der Waals surface area (Å²) >= 11 is 1.38. The third kappa shape index (κ3) is 3.03. The zero-order chi connectivity index (χ0) is 13.2. The van der Waals surface area contributed by atoms with Crippen LogP contribution in [0.3, 0.4) is 0 Å². The monoisotopic (exact) mass is 284 g/mol. The molecule has 2 aromatic rings. The van der Waals surface area contributed by atoms with E-state index in [4.69, 9.17) is 5.14 Å². The third-order valence-electron chi connectivity index (χ3n) is 2.39. The van der Waals surface area contributed by atoms with E-state index in [1.165, 1.54) is 17.4 Å². The van der Waals surface area contributed by atoms with Gasteiger partial charge < -0.3 is 5.32 Å². The maximum Gasteiger partial charge on any atom is 0.238 e. The Hall–Kier alpha value is -1.51. The van der Waals surface area contributed by atoms with E-state index in [-0.39, 0.29) is 10.9 Å². The molecule has 0 radical (unpaired) electrons. The largest absolute Gasteiger partial charge is 0.354 e. The van der Waals surface area contributed by atoms with E-state index in [0.717, 1.165) is 5.56 Å². The van der Waals surface area contributed by atoms with Crippen LogP contribution < -0.4 is 10.5 Å². The minimum Gasteiger partial charge on any atom is -0.354 e. The van der Waals surface area contributed by atoms with Gasteiger partial charge in [-0.15, -0.1) is 10.2 Å². The molecule has 1 aromatic heterocycles. The first-order chi connectivity index (χ1) is 8.47. The quantitative estimate of drug-likeness (QED) is 0.883. The molecule has 1 heterocycles. The standard InChI is InChI=1S/C10H12N4O2S2/c1-7(13-10-14-12-6-17-10)8-3-2-4-9(5-8)18(11,15)16/h2-7H,1H3,(H,13,14)(H2,11,15,16). The average molecular weight is 284 g/mol. The highest BCUT2D eigenvalue weighted by Gasteiger charge is 2.12. The Kier molecular flexibility index (Phi) is 3.60. The van der Waals surface area contributed by atoms with Crippen molar-refractivity contribution in [2.24, 2.45) is 5.14 Å². The van der Waals surface area contributed by atoms with Crippen LogP contribution in [-0.4, -0.2) is 18.6 Å². The number of anilines is 1. The molecular weight excluding hydrogens is 272 g/mol. The summed E-state index contributed by atoms with van der Waals surface area (Å²) in [5, 5.41) is 16.5. The number of aromatic nitrogens is 2. The van der Waals surface area contributed by atoms with Crippen LogP contribution in [-0.2, 0) is 10.0 Å². The van der Waals surface area contributed by atoms with E-state index in [0.29, 0.717) is 5.13 Å². The van der Waals surface area contributed by atoms with Gasteiger partial charge in [0.25, 0.3) is 0 Å². The normalized spacial score (nSPS) is 13.2. The van der Waals surface area contributed by atoms with Gasteiger partial charge in [0.1, 0.15) is 5.51 Å². The molecular formula is C10H12N4O2S2. The van der Waals surface area contributed by atoms with Crippen molar-refractivity contribution in [3.8, 4) is 0 Å². The highest BCUT2D eigenvalue weighted by molar-refractivity contribution is 7.89. The summed E-state index contributed by atoms with van der Waals surface area (Å²) in [6.45, 7) is 1.91. The molecule has 0 aliphatic heterocycles. The molecule has 0 fully saturated rings. The average Bonchev–Trinajstić information content (AvgIpc) is 2.81. The Labute approximate surface area is 109 Å². The summed E-state index contributed by atoms with van der Waals surface area (Å²) in [6.07, 6.45) is 0. The van der Waals surface area contributed by atoms with Gasteiger partial charge in [0, 0.05) is 0 Å². The Bertz CT molecular complexity index is 625. The van der Waals surface area contributed by atoms with Gasteiger partial charge in [0.2, 0.25) is 15.2 Å². The number of nitrogens with two attached hydrogens (primary N) is 1. The molecule has 1 unspecified atom stereocenters. The van der Waals surface area contributed by atoms with Crippen molar-refractivity contribution >= 4 is 26.5 Å². The van der Waals surface area contributed by atoms with Gasteiger partial charge in [-0.2, -0.15) is 0 Å². The Balaban J connectivity index is 2.23. The fourth-order valence-electron chi connectivity index (χ4n) is 1.47. The smallest absolute Gasteiger partial charge is 0.238 e. The molecule has 0 saturated heterocycles. The first-order valence-electron chi connectivity index (χ1n) is 5.12. The second-order valence-electron chi connectivity index (χ2n) is 3.73. The van der Waals surface area contributed by atoms with Crippen LogP contribution >= 0.6 is 11.3 Å². The van der Waals surface area contributed by atoms with Gasteiger partial charge in [0.15, 0.2) is 0 Å². The zero-order valence-electron chi connectivity index (χ0n) is 9.57. The maximum absolute atomic E-state index is 11.3. The van der Waals surface area contributed by atoms with Crippen molar-refractivity contribution in [1.29, 1.82) is 0 Å². The lowest BCUT2D eigenvalue weighted by atomic mass is 10.1. The van der Waals surface area contributed by atoms with Gasteiger partial charge in [-0.3, -0.25) is 0 Å². The van der Waals surface area contributed by atoms with Crippen LogP contribution in [0.2, 0.25) is 0 Å². The Morgan fingerprint density at radius 3 is 2.83 bits per heavy atom. The summed E-state index contributed by atoms with van der Waals surface area (Å²) in [6, 6.07) is 6.42. The van der Waals surface area contributed by atoms with Crippen molar-refractivity contribution < 1.29 is 8.42 Å². The molecule has 96 valence electrons. The minimum absolute atomic E-state index is 0.0837. The second-order valence-corrected chi connectivity index (χ2v) is 6.12. The summed E-state index contributed by atoms with van der Waals surface area (Å²) in [4.78, 5) is 0.103. The third-order valence-corrected chi connectivity index (χ3v) is 3.92. The van der Waals surface area contributed by atoms with Crippen LogP contribution in [0.4, 0.5) is 5.13 Å². The summed E-state index contributed by atoms with van der Waals surface area (Å²) in [5.41, 5.74) is 2.44. The predicted octanol–water partition coefficient (Wildman–Crippen LogP) is 1.36. The molecule has 1 aromatic carbocycles. The van der Waals surface area contributed by atoms with E-state index in [2.05, 4.69) is 15.5 Å². The minimum atomic E-state index is -3.67. The number of benzene rings is 1. The predicted molar refractivity (Wildman–Crippen MR) is 69.8 cm³/mol. The van der Waals surface area contributed by atoms with Gasteiger partial charge in [-0.05, 0) is 24.6 Å². The van der Waals surface area contributed by atoms with Gasteiger partial charge in [-0.1, -0.05) is 23.5 Å². The fourth-order valence-corrected chi connectivity index (χ4v) is 2.57. The van der Waals surface area contributed by atoms with Gasteiger partial charge in [0.05, 0.1) is 10.9 Å². The molecule has 0 saturated carbocycles. The molecule has 1 atom stereocenters. The van der Waals surface area contributed by atoms with Crippen molar-refractivity contribution in [2.75, 3.05) is 5.32 Å². The molecule has 6 nitrogen and oxygen atoms in total. The number of primary sulfonamides is 1. The number of hydrogen-bond acceptors (Lipinski definition) is 6. The first-order valence-corrected chi connectivity index (χ1v) is 7.55. The highest BCUT2D eigenvalue weighted by atomic mass is 32.2. The summed E-state index contributed by atoms with van der Waals surface area (Å²) in [7, 11) is -3.67. The molecule has 18 heavy (non-hydrogen) atoms. The first kappa shape index (κ1) is 12.9. The lowest BCUT2D eigenvalue weighted by Gasteiger charge is -2.13. The maximum atomic E-state index is 11.3. The van der Waals surface area contributed by atoms with Crippen LogP contribution in [0.5, 0.6) is 0 Å². The number of rotatable bonds is 4. The van der Waals surface area contributed by atoms with E-state index in [1.54, 1.807) is 17.6 Å². The lowest BCUT2D eigenvalue weighted by Crippen LogP contribution is -2.13. The molecule has 0 amide bonds. The van der Waals surface area contributed by atoms with E-state index >= 15 is 0 Å². The van der Waals surface area contributed by atoms with E-state index < -0.39 is 10.0 Å². The molecule has 2 rings (SSSR count). The SMILES string of the molecule is CC(Nc1nncs1)c1cccc(S(N)(=O)=O)c1. The molecule has 0 aliphatic carbocycles. The summed E-state index contributed by atoms with van der Waals surface area (Å²) in [5.74, 6) is 0. The van der Waals surface area contributed by atoms with Crippen LogP contribution in [0, 0.1) is 0 Å². The second kappa shape index (κ2) is 5.01. The number of nitrogens with zero attached hydrogens (tertiary/aromatic N) is 2. The van der Waals surface area contributed by atoms with Crippen molar-refractivity contribution in [2.45, 2.75) is 17.9 Å². The fraction of sp³-hybridized carbons (Fsp3) is 0.200. The number of nitrogens with one attached hydrogen (secondary N) is 1. The molecule has 8 heteroatoms. The Morgan fingerprint density at radius 2 is 2.22 bits per heavy atom. The van der Waals surface area contributed by atoms with E-state index in [9.17, 15) is 8.42 Å². The topological polar surface area (TPSA) is 98.0 Å². The molecule has 0 spiro atoms. The molecule has 0 aliphatic rings. The van der Waals surface area contributed by atoms with Gasteiger partial charge in [-0.25, -0.2) is 13.6 Å². The highest BCUT2D eigenvalue weighted by Crippen LogP contribution is 2.21. The van der Waals surface area contributed by atoms with Crippen LogP contribution in [0.15, 0.2) is 34.7 Å². The molecule has 0 bridgehead atoms.